The van der Waals surface area contributed by atoms with E-state index in [1.165, 1.54) is 22.5 Å². The first-order chi connectivity index (χ1) is 14.8. The van der Waals surface area contributed by atoms with Gasteiger partial charge in [-0.05, 0) is 55.3 Å². The Balaban J connectivity index is 1.61. The van der Waals surface area contributed by atoms with E-state index in [0.717, 1.165) is 5.56 Å². The molecule has 0 fully saturated rings. The van der Waals surface area contributed by atoms with Crippen molar-refractivity contribution in [3.05, 3.63) is 94.0 Å². The number of nitrogens with zero attached hydrogens (tertiary/aromatic N) is 2. The molecule has 1 N–H and O–H groups in total. The van der Waals surface area contributed by atoms with E-state index in [9.17, 15) is 23.3 Å². The number of hydrogen-bond donors (Lipinski definition) is 1. The van der Waals surface area contributed by atoms with Gasteiger partial charge < -0.3 is 5.32 Å². The summed E-state index contributed by atoms with van der Waals surface area (Å²) in [6, 6.07) is 18.4. The highest BCUT2D eigenvalue weighted by atomic mass is 32.2. The lowest BCUT2D eigenvalue weighted by atomic mass is 10.1. The Hall–Kier alpha value is -3.72. The lowest BCUT2D eigenvalue weighted by Crippen LogP contribution is -2.35. The first-order valence-corrected chi connectivity index (χ1v) is 11.0. The number of amides is 1. The molecule has 0 aliphatic carbocycles. The van der Waals surface area contributed by atoms with Crippen molar-refractivity contribution in [1.29, 1.82) is 0 Å². The van der Waals surface area contributed by atoms with Crippen LogP contribution in [0.3, 0.4) is 0 Å². The van der Waals surface area contributed by atoms with E-state index in [1.807, 2.05) is 6.92 Å². The summed E-state index contributed by atoms with van der Waals surface area (Å²) in [5.41, 5.74) is 1.82. The molecule has 8 nitrogen and oxygen atoms in total. The van der Waals surface area contributed by atoms with Gasteiger partial charge in [-0.15, -0.1) is 0 Å². The molecule has 3 aromatic carbocycles. The highest BCUT2D eigenvalue weighted by Gasteiger charge is 2.36. The molecule has 9 heteroatoms. The van der Waals surface area contributed by atoms with Crippen molar-refractivity contribution in [3.63, 3.8) is 0 Å². The predicted molar refractivity (Wildman–Crippen MR) is 117 cm³/mol. The molecule has 3 aromatic rings. The summed E-state index contributed by atoms with van der Waals surface area (Å²) >= 11 is 0. The lowest BCUT2D eigenvalue weighted by Gasteiger charge is -2.24. The van der Waals surface area contributed by atoms with Crippen LogP contribution in [0.5, 0.6) is 0 Å². The number of nitro benzene ring substituents is 1. The average molecular weight is 437 g/mol. The zero-order valence-electron chi connectivity index (χ0n) is 16.6. The Kier molecular flexibility index (Phi) is 5.20. The van der Waals surface area contributed by atoms with E-state index in [0.29, 0.717) is 23.4 Å². The molecule has 0 unspecified atom stereocenters. The summed E-state index contributed by atoms with van der Waals surface area (Å²) in [7, 11) is -3.73. The molecule has 0 saturated carbocycles. The number of nitrogens with one attached hydrogen (secondary N) is 1. The fourth-order valence-electron chi connectivity index (χ4n) is 3.72. The molecule has 1 amide bonds. The Morgan fingerprint density at radius 3 is 2.52 bits per heavy atom. The molecule has 0 aromatic heterocycles. The largest absolute Gasteiger partial charge is 0.322 e. The van der Waals surface area contributed by atoms with Gasteiger partial charge in [-0.25, -0.2) is 8.42 Å². The van der Waals surface area contributed by atoms with Gasteiger partial charge in [0.25, 0.3) is 21.6 Å². The van der Waals surface area contributed by atoms with E-state index in [1.54, 1.807) is 54.6 Å². The van der Waals surface area contributed by atoms with Gasteiger partial charge in [-0.2, -0.15) is 0 Å². The van der Waals surface area contributed by atoms with Crippen LogP contribution in [0.1, 0.15) is 22.8 Å². The highest BCUT2D eigenvalue weighted by molar-refractivity contribution is 7.92. The molecule has 1 aliphatic heterocycles. The Bertz CT molecular complexity index is 1280. The zero-order valence-corrected chi connectivity index (χ0v) is 17.4. The van der Waals surface area contributed by atoms with Gasteiger partial charge in [0.15, 0.2) is 0 Å². The molecule has 0 spiro atoms. The maximum Gasteiger partial charge on any atom is 0.271 e. The minimum atomic E-state index is -3.73. The number of carbonyl (C=O) groups is 1. The van der Waals surface area contributed by atoms with Gasteiger partial charge in [0.05, 0.1) is 15.5 Å². The third kappa shape index (κ3) is 3.87. The fourth-order valence-corrected chi connectivity index (χ4v) is 5.43. The van der Waals surface area contributed by atoms with Crippen molar-refractivity contribution in [2.75, 3.05) is 9.62 Å². The highest BCUT2D eigenvalue weighted by Crippen LogP contribution is 2.37. The van der Waals surface area contributed by atoms with Crippen LogP contribution < -0.4 is 9.62 Å². The van der Waals surface area contributed by atoms with E-state index in [4.69, 9.17) is 0 Å². The molecule has 31 heavy (non-hydrogen) atoms. The summed E-state index contributed by atoms with van der Waals surface area (Å²) in [5.74, 6) is -0.430. The summed E-state index contributed by atoms with van der Waals surface area (Å²) in [4.78, 5) is 23.3. The maximum atomic E-state index is 13.1. The predicted octanol–water partition coefficient (Wildman–Crippen LogP) is 3.99. The second kappa shape index (κ2) is 7.84. The number of anilines is 2. The number of hydrogen-bond acceptors (Lipinski definition) is 5. The summed E-state index contributed by atoms with van der Waals surface area (Å²) in [5, 5.41) is 13.6. The van der Waals surface area contributed by atoms with Gasteiger partial charge in [0, 0.05) is 29.4 Å². The van der Waals surface area contributed by atoms with Crippen molar-refractivity contribution in [2.24, 2.45) is 0 Å². The van der Waals surface area contributed by atoms with Crippen molar-refractivity contribution in [1.82, 2.24) is 0 Å². The van der Waals surface area contributed by atoms with Crippen molar-refractivity contribution >= 4 is 33.0 Å². The minimum absolute atomic E-state index is 0.123. The molecular formula is C22H19N3O5S. The van der Waals surface area contributed by atoms with Gasteiger partial charge in [0.1, 0.15) is 0 Å². The SMILES string of the molecule is C[C@@H]1Cc2cc(C(=O)Nc3cccc([N+](=O)[O-])c3)ccc2N1S(=O)(=O)c1ccccc1. The van der Waals surface area contributed by atoms with E-state index >= 15 is 0 Å². The first kappa shape index (κ1) is 20.5. The summed E-state index contributed by atoms with van der Waals surface area (Å²) in [6.45, 7) is 1.82. The molecule has 158 valence electrons. The quantitative estimate of drug-likeness (QED) is 0.479. The number of sulfonamides is 1. The van der Waals surface area contributed by atoms with Gasteiger partial charge >= 0.3 is 0 Å². The van der Waals surface area contributed by atoms with Crippen molar-refractivity contribution < 1.29 is 18.1 Å². The van der Waals surface area contributed by atoms with E-state index < -0.39 is 20.9 Å². The van der Waals surface area contributed by atoms with Gasteiger partial charge in [-0.3, -0.25) is 19.2 Å². The van der Waals surface area contributed by atoms with Gasteiger partial charge in [-0.1, -0.05) is 24.3 Å². The van der Waals surface area contributed by atoms with Crippen LogP contribution in [0.25, 0.3) is 0 Å². The number of benzene rings is 3. The topological polar surface area (TPSA) is 110 Å². The molecule has 1 aliphatic rings. The Morgan fingerprint density at radius 2 is 1.81 bits per heavy atom. The minimum Gasteiger partial charge on any atom is -0.322 e. The van der Waals surface area contributed by atoms with Gasteiger partial charge in [0.2, 0.25) is 0 Å². The smallest absolute Gasteiger partial charge is 0.271 e. The van der Waals surface area contributed by atoms with Crippen LogP contribution in [0, 0.1) is 10.1 Å². The van der Waals surface area contributed by atoms with Crippen LogP contribution >= 0.6 is 0 Å². The van der Waals surface area contributed by atoms with Crippen LogP contribution in [0.2, 0.25) is 0 Å². The van der Waals surface area contributed by atoms with Crippen LogP contribution in [0.15, 0.2) is 77.7 Å². The number of non-ortho nitro benzene ring substituents is 1. The third-order valence-electron chi connectivity index (χ3n) is 5.11. The number of rotatable bonds is 5. The first-order valence-electron chi connectivity index (χ1n) is 9.55. The number of nitro groups is 1. The maximum absolute atomic E-state index is 13.1. The Morgan fingerprint density at radius 1 is 1.06 bits per heavy atom. The number of carbonyl (C=O) groups excluding carboxylic acids is 1. The van der Waals surface area contributed by atoms with E-state index in [2.05, 4.69) is 5.32 Å². The second-order valence-corrected chi connectivity index (χ2v) is 9.09. The molecule has 0 bridgehead atoms. The standard InChI is InChI=1S/C22H19N3O5S/c1-15-12-17-13-16(22(26)23-18-6-5-7-19(14-18)25(27)28)10-11-21(17)24(15)31(29,30)20-8-3-2-4-9-20/h2-11,13-15H,12H2,1H3,(H,23,26)/t15-/m1/s1. The Labute approximate surface area is 179 Å². The fraction of sp³-hybridized carbons (Fsp3) is 0.136. The van der Waals surface area contributed by atoms with Crippen molar-refractivity contribution in [3.8, 4) is 0 Å². The third-order valence-corrected chi connectivity index (χ3v) is 7.05. The monoisotopic (exact) mass is 437 g/mol. The van der Waals surface area contributed by atoms with Crippen LogP contribution in [0.4, 0.5) is 17.1 Å². The molecule has 1 atom stereocenters. The van der Waals surface area contributed by atoms with Crippen LogP contribution in [-0.4, -0.2) is 25.3 Å². The molecule has 0 saturated heterocycles. The molecule has 0 radical (unpaired) electrons. The molecular weight excluding hydrogens is 418 g/mol. The summed E-state index contributed by atoms with van der Waals surface area (Å²) in [6.07, 6.45) is 0.472. The lowest BCUT2D eigenvalue weighted by molar-refractivity contribution is -0.384. The number of fused-ring (bicyclic) bond motifs is 1. The van der Waals surface area contributed by atoms with Crippen LogP contribution in [-0.2, 0) is 16.4 Å². The zero-order chi connectivity index (χ0) is 22.2. The van der Waals surface area contributed by atoms with Crippen molar-refractivity contribution in [2.45, 2.75) is 24.3 Å². The normalized spacial score (nSPS) is 15.4. The average Bonchev–Trinajstić information content (AvgIpc) is 3.10. The molecule has 1 heterocycles. The van der Waals surface area contributed by atoms with E-state index in [-0.39, 0.29) is 16.6 Å². The summed E-state index contributed by atoms with van der Waals surface area (Å²) < 4.78 is 27.7. The second-order valence-electron chi connectivity index (χ2n) is 7.27. The molecule has 4 rings (SSSR count).